The van der Waals surface area contributed by atoms with Crippen molar-refractivity contribution in [2.75, 3.05) is 7.11 Å². The molecule has 1 N–H and O–H groups in total. The molecule has 0 fully saturated rings. The van der Waals surface area contributed by atoms with Crippen LogP contribution in [-0.4, -0.2) is 38.7 Å². The van der Waals surface area contributed by atoms with Crippen LogP contribution >= 0.6 is 0 Å². The number of carbonyl (C=O) groups is 2. The third-order valence-corrected chi connectivity index (χ3v) is 8.25. The highest BCUT2D eigenvalue weighted by Gasteiger charge is 2.42. The van der Waals surface area contributed by atoms with Gasteiger partial charge in [0.2, 0.25) is 5.88 Å². The molecule has 224 valence electrons. The topological polar surface area (TPSA) is 94.3 Å². The number of hydrogen-bond donors (Lipinski definition) is 1. The molecular formula is C38H33N3O4. The number of carbonyl (C=O) groups excluding carboxylic acids is 1. The van der Waals surface area contributed by atoms with Crippen molar-refractivity contribution >= 4 is 22.7 Å². The Morgan fingerprint density at radius 3 is 1.76 bits per heavy atom. The molecule has 2 heterocycles. The summed E-state index contributed by atoms with van der Waals surface area (Å²) in [6, 6.07) is 41.6. The summed E-state index contributed by atoms with van der Waals surface area (Å²) in [5, 5.41) is 15.6. The predicted octanol–water partition coefficient (Wildman–Crippen LogP) is 7.28. The molecule has 45 heavy (non-hydrogen) atoms. The van der Waals surface area contributed by atoms with Crippen LogP contribution in [0.25, 0.3) is 10.9 Å². The van der Waals surface area contributed by atoms with E-state index in [1.54, 1.807) is 6.07 Å². The van der Waals surface area contributed by atoms with Gasteiger partial charge >= 0.3 is 5.97 Å². The number of methoxy groups -OCH3 is 1. The molecule has 6 rings (SSSR count). The first-order valence-corrected chi connectivity index (χ1v) is 14.9. The average Bonchev–Trinajstić information content (AvgIpc) is 3.45. The number of fused-ring (bicyclic) bond motifs is 1. The number of rotatable bonds is 11. The molecule has 0 saturated heterocycles. The van der Waals surface area contributed by atoms with Crippen molar-refractivity contribution < 1.29 is 19.4 Å². The van der Waals surface area contributed by atoms with Crippen LogP contribution in [-0.2, 0) is 16.8 Å². The Morgan fingerprint density at radius 1 is 0.800 bits per heavy atom. The van der Waals surface area contributed by atoms with Crippen molar-refractivity contribution in [3.05, 3.63) is 161 Å². The molecule has 0 aliphatic heterocycles. The van der Waals surface area contributed by atoms with Crippen molar-refractivity contribution in [3.63, 3.8) is 0 Å². The molecule has 6 aromatic rings. The van der Waals surface area contributed by atoms with Gasteiger partial charge in [-0.1, -0.05) is 128 Å². The number of aromatic nitrogens is 3. The molecule has 7 heteroatoms. The summed E-state index contributed by atoms with van der Waals surface area (Å²) >= 11 is 0. The normalized spacial score (nSPS) is 12.1. The van der Waals surface area contributed by atoms with Crippen LogP contribution in [0.5, 0.6) is 5.88 Å². The fraction of sp³-hybridized carbons (Fsp3) is 0.158. The minimum absolute atomic E-state index is 0.00823. The Bertz CT molecular complexity index is 1840. The van der Waals surface area contributed by atoms with E-state index in [9.17, 15) is 14.7 Å². The molecule has 0 amide bonds. The van der Waals surface area contributed by atoms with Crippen molar-refractivity contribution in [1.82, 2.24) is 14.8 Å². The first-order chi connectivity index (χ1) is 21.9. The Labute approximate surface area is 261 Å². The second-order valence-corrected chi connectivity index (χ2v) is 11.1. The fourth-order valence-electron chi connectivity index (χ4n) is 6.22. The summed E-state index contributed by atoms with van der Waals surface area (Å²) in [4.78, 5) is 30.6. The van der Waals surface area contributed by atoms with Gasteiger partial charge in [0.25, 0.3) is 0 Å². The molecule has 2 aromatic heterocycles. The molecule has 0 radical (unpaired) electrons. The maximum atomic E-state index is 13.4. The highest BCUT2D eigenvalue weighted by atomic mass is 16.5. The molecule has 0 aliphatic rings. The molecule has 1 atom stereocenters. The molecule has 7 nitrogen and oxygen atoms in total. The smallest absolute Gasteiger partial charge is 0.355 e. The van der Waals surface area contributed by atoms with Gasteiger partial charge in [-0.25, -0.2) is 14.5 Å². The minimum Gasteiger partial charge on any atom is -0.479 e. The number of pyridine rings is 1. The van der Waals surface area contributed by atoms with Crippen LogP contribution in [0.3, 0.4) is 0 Å². The number of hydrogen-bond acceptors (Lipinski definition) is 5. The van der Waals surface area contributed by atoms with Gasteiger partial charge in [-0.3, -0.25) is 4.79 Å². The summed E-state index contributed by atoms with van der Waals surface area (Å²) in [6.07, 6.45) is 0.284. The highest BCUT2D eigenvalue weighted by molar-refractivity contribution is 6.04. The maximum Gasteiger partial charge on any atom is 0.355 e. The van der Waals surface area contributed by atoms with E-state index >= 15 is 0 Å². The van der Waals surface area contributed by atoms with Crippen LogP contribution in [0, 0.1) is 0 Å². The largest absolute Gasteiger partial charge is 0.479 e. The Balaban J connectivity index is 1.60. The number of carboxylic acids is 1. The zero-order valence-electron chi connectivity index (χ0n) is 25.1. The van der Waals surface area contributed by atoms with E-state index in [1.807, 2.05) is 133 Å². The number of aromatic carboxylic acids is 1. The fourth-order valence-corrected chi connectivity index (χ4v) is 6.22. The first-order valence-electron chi connectivity index (χ1n) is 14.9. The quantitative estimate of drug-likeness (QED) is 0.158. The summed E-state index contributed by atoms with van der Waals surface area (Å²) in [5.41, 5.74) is 3.43. The van der Waals surface area contributed by atoms with Gasteiger partial charge in [0.15, 0.2) is 5.69 Å². The zero-order chi connectivity index (χ0) is 31.4. The standard InChI is InChI=1S/C38H33N3O4/c1-26(27-15-7-3-8-16-27)23-32(42)24-31-25-33-34(35(39-31)37(43)44)36(45-2)40-41(33)38(28-17-9-4-10-18-28,29-19-11-5-12-20-29)30-21-13-6-14-22-30/h3-22,25-26H,23-24H2,1-2H3,(H,43,44)/t26-/m0/s1. The van der Waals surface area contributed by atoms with Crippen LogP contribution < -0.4 is 4.74 Å². The van der Waals surface area contributed by atoms with E-state index in [0.717, 1.165) is 22.3 Å². The highest BCUT2D eigenvalue weighted by Crippen LogP contribution is 2.44. The van der Waals surface area contributed by atoms with Gasteiger partial charge in [-0.15, -0.1) is 5.10 Å². The second-order valence-electron chi connectivity index (χ2n) is 11.1. The van der Waals surface area contributed by atoms with E-state index in [-0.39, 0.29) is 35.1 Å². The van der Waals surface area contributed by atoms with Gasteiger partial charge in [0.1, 0.15) is 11.3 Å². The lowest BCUT2D eigenvalue weighted by Crippen LogP contribution is -2.38. The molecule has 4 aromatic carbocycles. The predicted molar refractivity (Wildman–Crippen MR) is 174 cm³/mol. The zero-order valence-corrected chi connectivity index (χ0v) is 25.1. The maximum absolute atomic E-state index is 13.4. The van der Waals surface area contributed by atoms with Crippen LogP contribution in [0.4, 0.5) is 0 Å². The molecule has 0 spiro atoms. The number of ether oxygens (including phenoxy) is 1. The summed E-state index contributed by atoms with van der Waals surface area (Å²) < 4.78 is 7.55. The minimum atomic E-state index is -1.23. The number of nitrogens with zero attached hydrogens (tertiary/aromatic N) is 3. The summed E-state index contributed by atoms with van der Waals surface area (Å²) in [5.74, 6) is -1.12. The Morgan fingerprint density at radius 2 is 1.29 bits per heavy atom. The third-order valence-electron chi connectivity index (χ3n) is 8.25. The lowest BCUT2D eigenvalue weighted by Gasteiger charge is -2.36. The summed E-state index contributed by atoms with van der Waals surface area (Å²) in [7, 11) is 1.47. The monoisotopic (exact) mass is 595 g/mol. The van der Waals surface area contributed by atoms with Crippen molar-refractivity contribution in [2.45, 2.75) is 31.2 Å². The van der Waals surface area contributed by atoms with Crippen molar-refractivity contribution in [3.8, 4) is 5.88 Å². The van der Waals surface area contributed by atoms with Gasteiger partial charge in [0.05, 0.1) is 23.7 Å². The molecular weight excluding hydrogens is 562 g/mol. The van der Waals surface area contributed by atoms with E-state index in [2.05, 4.69) is 4.98 Å². The van der Waals surface area contributed by atoms with Gasteiger partial charge in [-0.05, 0) is 34.2 Å². The van der Waals surface area contributed by atoms with Gasteiger partial charge < -0.3 is 9.84 Å². The molecule has 0 aliphatic carbocycles. The van der Waals surface area contributed by atoms with Crippen molar-refractivity contribution in [2.24, 2.45) is 0 Å². The lowest BCUT2D eigenvalue weighted by molar-refractivity contribution is -0.118. The Hall–Kier alpha value is -5.56. The van der Waals surface area contributed by atoms with Crippen molar-refractivity contribution in [1.29, 1.82) is 0 Å². The first kappa shape index (κ1) is 29.5. The number of benzene rings is 4. The van der Waals surface area contributed by atoms with Gasteiger partial charge in [-0.2, -0.15) is 0 Å². The summed E-state index contributed by atoms with van der Waals surface area (Å²) in [6.45, 7) is 2.01. The number of ketones is 1. The van der Waals surface area contributed by atoms with E-state index in [1.165, 1.54) is 7.11 Å². The van der Waals surface area contributed by atoms with E-state index in [4.69, 9.17) is 9.84 Å². The molecule has 0 unspecified atom stereocenters. The SMILES string of the molecule is COc1nn(C(c2ccccc2)(c2ccccc2)c2ccccc2)c2cc(CC(=O)C[C@H](C)c3ccccc3)nc(C(=O)O)c12. The average molecular weight is 596 g/mol. The van der Waals surface area contributed by atoms with Gasteiger partial charge in [0, 0.05) is 12.8 Å². The number of Topliss-reactive ketones (excluding diaryl/α,β-unsaturated/α-hetero) is 1. The Kier molecular flexibility index (Phi) is 8.25. The third kappa shape index (κ3) is 5.49. The second kappa shape index (κ2) is 12.6. The van der Waals surface area contributed by atoms with Crippen LogP contribution in [0.1, 0.15) is 57.7 Å². The van der Waals surface area contributed by atoms with Crippen LogP contribution in [0.15, 0.2) is 127 Å². The lowest BCUT2D eigenvalue weighted by atomic mass is 9.77. The van der Waals surface area contributed by atoms with E-state index < -0.39 is 11.5 Å². The van der Waals surface area contributed by atoms with Crippen LogP contribution in [0.2, 0.25) is 0 Å². The van der Waals surface area contributed by atoms with E-state index in [0.29, 0.717) is 17.6 Å². The number of carboxylic acid groups (broad SMARTS) is 1. The molecule has 0 saturated carbocycles. The molecule has 0 bridgehead atoms.